The van der Waals surface area contributed by atoms with Crippen LogP contribution in [0, 0.1) is 6.92 Å². The number of nitrogens with zero attached hydrogens (tertiary/aromatic N) is 1. The monoisotopic (exact) mass is 268 g/mol. The molecule has 0 saturated carbocycles. The normalized spacial score (nSPS) is 10.3. The minimum atomic E-state index is 0.364. The molecule has 0 fully saturated rings. The maximum atomic E-state index is 5.89. The lowest BCUT2D eigenvalue weighted by Gasteiger charge is -2.09. The summed E-state index contributed by atoms with van der Waals surface area (Å²) in [6, 6.07) is 6.80. The van der Waals surface area contributed by atoms with Gasteiger partial charge in [0.2, 0.25) is 5.88 Å². The van der Waals surface area contributed by atoms with Crippen LogP contribution >= 0.6 is 23.2 Å². The zero-order chi connectivity index (χ0) is 12.4. The number of pyridine rings is 1. The number of hydrogen-bond acceptors (Lipinski definition) is 3. The van der Waals surface area contributed by atoms with Crippen molar-refractivity contribution in [1.82, 2.24) is 4.98 Å². The van der Waals surface area contributed by atoms with Crippen LogP contribution in [0.2, 0.25) is 10.0 Å². The third-order valence-electron chi connectivity index (χ3n) is 2.28. The first-order valence-corrected chi connectivity index (χ1v) is 5.67. The third-order valence-corrected chi connectivity index (χ3v) is 3.02. The number of nitrogens with two attached hydrogens (primary N) is 1. The van der Waals surface area contributed by atoms with E-state index < -0.39 is 0 Å². The first-order chi connectivity index (χ1) is 8.08. The number of nitrogen functional groups attached to an aromatic ring is 1. The maximum absolute atomic E-state index is 5.89. The third kappa shape index (κ3) is 2.62. The number of aromatic nitrogens is 1. The van der Waals surface area contributed by atoms with E-state index in [1.165, 1.54) is 0 Å². The van der Waals surface area contributed by atoms with Gasteiger partial charge in [-0.05, 0) is 30.7 Å². The zero-order valence-electron chi connectivity index (χ0n) is 9.08. The molecule has 0 radical (unpaired) electrons. The van der Waals surface area contributed by atoms with Gasteiger partial charge in [-0.2, -0.15) is 0 Å². The van der Waals surface area contributed by atoms with Crippen LogP contribution in [-0.2, 0) is 0 Å². The van der Waals surface area contributed by atoms with Crippen LogP contribution in [0.15, 0.2) is 30.5 Å². The predicted octanol–water partition coefficient (Wildman–Crippen LogP) is 4.07. The van der Waals surface area contributed by atoms with Crippen molar-refractivity contribution in [1.29, 1.82) is 0 Å². The molecule has 17 heavy (non-hydrogen) atoms. The smallest absolute Gasteiger partial charge is 0.242 e. The molecule has 5 heteroatoms. The summed E-state index contributed by atoms with van der Waals surface area (Å²) in [5, 5.41) is 0.902. The largest absolute Gasteiger partial charge is 0.437 e. The molecular weight excluding hydrogens is 259 g/mol. The van der Waals surface area contributed by atoms with E-state index >= 15 is 0 Å². The number of halogens is 2. The molecule has 0 amide bonds. The van der Waals surface area contributed by atoms with Crippen molar-refractivity contribution < 1.29 is 4.74 Å². The molecule has 0 bridgehead atoms. The molecule has 1 heterocycles. The second-order valence-electron chi connectivity index (χ2n) is 3.52. The molecule has 0 aliphatic carbocycles. The van der Waals surface area contributed by atoms with Gasteiger partial charge in [-0.15, -0.1) is 0 Å². The van der Waals surface area contributed by atoms with E-state index in [1.807, 2.05) is 13.0 Å². The van der Waals surface area contributed by atoms with E-state index in [0.717, 1.165) is 5.56 Å². The average Bonchev–Trinajstić information content (AvgIpc) is 2.30. The van der Waals surface area contributed by atoms with E-state index in [4.69, 9.17) is 33.7 Å². The molecule has 2 N–H and O–H groups in total. The zero-order valence-corrected chi connectivity index (χ0v) is 10.6. The molecule has 3 nitrogen and oxygen atoms in total. The number of anilines is 1. The Morgan fingerprint density at radius 3 is 2.65 bits per heavy atom. The van der Waals surface area contributed by atoms with Crippen molar-refractivity contribution in [3.63, 3.8) is 0 Å². The van der Waals surface area contributed by atoms with Crippen LogP contribution in [0.3, 0.4) is 0 Å². The fourth-order valence-electron chi connectivity index (χ4n) is 1.28. The topological polar surface area (TPSA) is 48.1 Å². The molecule has 0 spiro atoms. The number of ether oxygens (including phenoxy) is 1. The van der Waals surface area contributed by atoms with Gasteiger partial charge in [0.25, 0.3) is 0 Å². The number of aryl methyl sites for hydroxylation is 1. The molecule has 0 saturated heterocycles. The van der Waals surface area contributed by atoms with Crippen molar-refractivity contribution in [2.45, 2.75) is 6.92 Å². The summed E-state index contributed by atoms with van der Waals surface area (Å²) in [4.78, 5) is 4.06. The average molecular weight is 269 g/mol. The number of benzene rings is 1. The lowest BCUT2D eigenvalue weighted by atomic mass is 10.2. The highest BCUT2D eigenvalue weighted by Crippen LogP contribution is 2.31. The summed E-state index contributed by atoms with van der Waals surface area (Å²) >= 11 is 11.7. The van der Waals surface area contributed by atoms with Gasteiger partial charge in [0.1, 0.15) is 5.75 Å². The summed E-state index contributed by atoms with van der Waals surface area (Å²) in [6.45, 7) is 1.89. The minimum absolute atomic E-state index is 0.364. The van der Waals surface area contributed by atoms with Crippen LogP contribution in [0.5, 0.6) is 11.6 Å². The second-order valence-corrected chi connectivity index (χ2v) is 4.34. The summed E-state index contributed by atoms with van der Waals surface area (Å²) in [7, 11) is 0. The van der Waals surface area contributed by atoms with E-state index in [1.54, 1.807) is 24.4 Å². The maximum Gasteiger partial charge on any atom is 0.242 e. The lowest BCUT2D eigenvalue weighted by Crippen LogP contribution is -1.97. The summed E-state index contributed by atoms with van der Waals surface area (Å²) < 4.78 is 5.55. The molecule has 0 aliphatic rings. The Hall–Kier alpha value is -1.45. The van der Waals surface area contributed by atoms with Gasteiger partial charge in [-0.25, -0.2) is 4.98 Å². The standard InChI is InChI=1S/C12H10Cl2N2O/c1-7-4-5-16-12(11(7)15)17-8-2-3-9(13)10(14)6-8/h2-6H,15H2,1H3. The SMILES string of the molecule is Cc1ccnc(Oc2ccc(Cl)c(Cl)c2)c1N. The van der Waals surface area contributed by atoms with Gasteiger partial charge < -0.3 is 10.5 Å². The molecule has 1 aromatic carbocycles. The van der Waals surface area contributed by atoms with E-state index in [-0.39, 0.29) is 0 Å². The van der Waals surface area contributed by atoms with Crippen molar-refractivity contribution in [2.75, 3.05) is 5.73 Å². The number of hydrogen-bond donors (Lipinski definition) is 1. The lowest BCUT2D eigenvalue weighted by molar-refractivity contribution is 0.465. The Kier molecular flexibility index (Phi) is 3.41. The highest BCUT2D eigenvalue weighted by Gasteiger charge is 2.07. The number of rotatable bonds is 2. The Balaban J connectivity index is 2.31. The van der Waals surface area contributed by atoms with Crippen LogP contribution in [0.4, 0.5) is 5.69 Å². The molecule has 0 aliphatic heterocycles. The van der Waals surface area contributed by atoms with E-state index in [0.29, 0.717) is 27.4 Å². The molecule has 88 valence electrons. The van der Waals surface area contributed by atoms with Gasteiger partial charge in [-0.1, -0.05) is 23.2 Å². The van der Waals surface area contributed by atoms with Crippen molar-refractivity contribution in [2.24, 2.45) is 0 Å². The van der Waals surface area contributed by atoms with Crippen LogP contribution < -0.4 is 10.5 Å². The van der Waals surface area contributed by atoms with E-state index in [9.17, 15) is 0 Å². The fraction of sp³-hybridized carbons (Fsp3) is 0.0833. The van der Waals surface area contributed by atoms with Gasteiger partial charge in [0.05, 0.1) is 15.7 Å². The fourth-order valence-corrected chi connectivity index (χ4v) is 1.57. The minimum Gasteiger partial charge on any atom is -0.437 e. The van der Waals surface area contributed by atoms with Crippen molar-refractivity contribution in [3.8, 4) is 11.6 Å². The second kappa shape index (κ2) is 4.82. The highest BCUT2D eigenvalue weighted by atomic mass is 35.5. The molecule has 0 unspecified atom stereocenters. The summed E-state index contributed by atoms with van der Waals surface area (Å²) in [6.07, 6.45) is 1.64. The van der Waals surface area contributed by atoms with Gasteiger partial charge in [0.15, 0.2) is 0 Å². The first-order valence-electron chi connectivity index (χ1n) is 4.92. The molecular formula is C12H10Cl2N2O. The summed E-state index contributed by atoms with van der Waals surface area (Å²) in [5.41, 5.74) is 7.28. The van der Waals surface area contributed by atoms with E-state index in [2.05, 4.69) is 4.98 Å². The molecule has 2 aromatic rings. The Labute approximate surface area is 109 Å². The quantitative estimate of drug-likeness (QED) is 0.893. The van der Waals surface area contributed by atoms with Crippen LogP contribution in [0.25, 0.3) is 0 Å². The van der Waals surface area contributed by atoms with Crippen LogP contribution in [0.1, 0.15) is 5.56 Å². The molecule has 2 rings (SSSR count). The van der Waals surface area contributed by atoms with Crippen LogP contribution in [-0.4, -0.2) is 4.98 Å². The van der Waals surface area contributed by atoms with Gasteiger partial charge >= 0.3 is 0 Å². The van der Waals surface area contributed by atoms with Gasteiger partial charge in [0, 0.05) is 12.3 Å². The van der Waals surface area contributed by atoms with Gasteiger partial charge in [-0.3, -0.25) is 0 Å². The van der Waals surface area contributed by atoms with Crippen molar-refractivity contribution in [3.05, 3.63) is 46.1 Å². The summed E-state index contributed by atoms with van der Waals surface area (Å²) in [5.74, 6) is 0.910. The Morgan fingerprint density at radius 1 is 1.18 bits per heavy atom. The molecule has 0 atom stereocenters. The van der Waals surface area contributed by atoms with Crippen molar-refractivity contribution >= 4 is 28.9 Å². The molecule has 1 aromatic heterocycles. The predicted molar refractivity (Wildman–Crippen MR) is 69.9 cm³/mol. The Morgan fingerprint density at radius 2 is 1.94 bits per heavy atom. The highest BCUT2D eigenvalue weighted by molar-refractivity contribution is 6.42. The first kappa shape index (κ1) is 12.0. The Bertz CT molecular complexity index is 558.